The van der Waals surface area contributed by atoms with Crippen molar-refractivity contribution in [1.82, 2.24) is 15.0 Å². The zero-order chi connectivity index (χ0) is 15.3. The lowest BCUT2D eigenvalue weighted by Crippen LogP contribution is -1.95. The van der Waals surface area contributed by atoms with E-state index in [0.717, 1.165) is 33.3 Å². The third-order valence-electron chi connectivity index (χ3n) is 4.25. The molecule has 0 unspecified atom stereocenters. The van der Waals surface area contributed by atoms with Crippen LogP contribution >= 0.6 is 0 Å². The van der Waals surface area contributed by atoms with Gasteiger partial charge in [-0.15, -0.1) is 0 Å². The minimum Gasteiger partial charge on any atom is -0.398 e. The third-order valence-corrected chi connectivity index (χ3v) is 4.25. The number of fused-ring (bicyclic) bond motifs is 2. The summed E-state index contributed by atoms with van der Waals surface area (Å²) in [5.74, 6) is 0.763. The largest absolute Gasteiger partial charge is 0.398 e. The van der Waals surface area contributed by atoms with Gasteiger partial charge in [0, 0.05) is 11.6 Å². The van der Waals surface area contributed by atoms with Crippen LogP contribution in [0.4, 0.5) is 5.69 Å². The lowest BCUT2D eigenvalue weighted by molar-refractivity contribution is 1.30. The molecule has 4 nitrogen and oxygen atoms in total. The Kier molecular flexibility index (Phi) is 2.66. The fourth-order valence-electron chi connectivity index (χ4n) is 2.79. The van der Waals surface area contributed by atoms with Crippen molar-refractivity contribution in [2.24, 2.45) is 0 Å². The van der Waals surface area contributed by atoms with Gasteiger partial charge in [0.15, 0.2) is 0 Å². The van der Waals surface area contributed by atoms with Gasteiger partial charge in [-0.2, -0.15) is 0 Å². The molecule has 2 heterocycles. The van der Waals surface area contributed by atoms with Crippen molar-refractivity contribution in [3.05, 3.63) is 53.7 Å². The molecule has 4 aromatic rings. The number of benzene rings is 2. The molecule has 0 aliphatic carbocycles. The number of imidazole rings is 1. The fraction of sp³-hybridized carbons (Fsp3) is 0.111. The number of anilines is 1. The number of aromatic nitrogens is 3. The normalized spacial score (nSPS) is 11.4. The number of nitrogen functional groups attached to an aromatic ring is 1. The van der Waals surface area contributed by atoms with E-state index in [1.54, 1.807) is 6.20 Å². The molecule has 0 aliphatic rings. The molecule has 4 heteroatoms. The van der Waals surface area contributed by atoms with Crippen LogP contribution in [0.3, 0.4) is 0 Å². The van der Waals surface area contributed by atoms with Crippen LogP contribution in [-0.2, 0) is 0 Å². The maximum atomic E-state index is 6.34. The van der Waals surface area contributed by atoms with Crippen LogP contribution in [0, 0.1) is 13.8 Å². The Hall–Kier alpha value is -2.88. The Morgan fingerprint density at radius 3 is 2.73 bits per heavy atom. The molecule has 0 radical (unpaired) electrons. The molecule has 22 heavy (non-hydrogen) atoms. The smallest absolute Gasteiger partial charge is 0.142 e. The van der Waals surface area contributed by atoms with Gasteiger partial charge >= 0.3 is 0 Å². The van der Waals surface area contributed by atoms with E-state index >= 15 is 0 Å². The van der Waals surface area contributed by atoms with Gasteiger partial charge in [-0.05, 0) is 37.1 Å². The van der Waals surface area contributed by atoms with E-state index in [4.69, 9.17) is 10.7 Å². The van der Waals surface area contributed by atoms with Crippen molar-refractivity contribution >= 4 is 27.6 Å². The Morgan fingerprint density at radius 1 is 1.05 bits per heavy atom. The van der Waals surface area contributed by atoms with E-state index in [0.29, 0.717) is 5.69 Å². The SMILES string of the molecule is Cc1ccc2[nH]c(-c3cnc4ccccc4c3N)nc2c1C. The average Bonchev–Trinajstić information content (AvgIpc) is 2.96. The second-order valence-corrected chi connectivity index (χ2v) is 5.59. The third kappa shape index (κ3) is 1.77. The lowest BCUT2D eigenvalue weighted by Gasteiger charge is -2.05. The Balaban J connectivity index is 1.99. The predicted molar refractivity (Wildman–Crippen MR) is 90.7 cm³/mol. The van der Waals surface area contributed by atoms with Crippen molar-refractivity contribution < 1.29 is 0 Å². The standard InChI is InChI=1S/C18H16N4/c1-10-7-8-15-17(11(10)2)22-18(21-15)13-9-20-14-6-4-3-5-12(14)16(13)19/h3-9H,1-2H3,(H2,19,20)(H,21,22). The first-order valence-electron chi connectivity index (χ1n) is 7.24. The van der Waals surface area contributed by atoms with E-state index in [1.807, 2.05) is 24.3 Å². The fourth-order valence-corrected chi connectivity index (χ4v) is 2.79. The summed E-state index contributed by atoms with van der Waals surface area (Å²) in [6, 6.07) is 12.0. The highest BCUT2D eigenvalue weighted by molar-refractivity contribution is 5.98. The molecule has 0 amide bonds. The minimum absolute atomic E-state index is 0.707. The number of pyridine rings is 1. The summed E-state index contributed by atoms with van der Waals surface area (Å²) < 4.78 is 0. The van der Waals surface area contributed by atoms with Crippen molar-refractivity contribution in [2.45, 2.75) is 13.8 Å². The van der Waals surface area contributed by atoms with Gasteiger partial charge < -0.3 is 10.7 Å². The monoisotopic (exact) mass is 288 g/mol. The molecule has 2 aromatic heterocycles. The second-order valence-electron chi connectivity index (χ2n) is 5.59. The second kappa shape index (κ2) is 4.56. The number of nitrogens with one attached hydrogen (secondary N) is 1. The zero-order valence-corrected chi connectivity index (χ0v) is 12.5. The predicted octanol–water partition coefficient (Wildman–Crippen LogP) is 3.98. The number of hydrogen-bond acceptors (Lipinski definition) is 3. The molecule has 2 aromatic carbocycles. The number of H-pyrrole nitrogens is 1. The van der Waals surface area contributed by atoms with Crippen molar-refractivity contribution in [1.29, 1.82) is 0 Å². The molecule has 0 saturated heterocycles. The first-order chi connectivity index (χ1) is 10.6. The molecule has 3 N–H and O–H groups in total. The quantitative estimate of drug-likeness (QED) is 0.556. The number of nitrogens with two attached hydrogens (primary N) is 1. The molecule has 0 aliphatic heterocycles. The van der Waals surface area contributed by atoms with Gasteiger partial charge in [0.05, 0.1) is 27.8 Å². The topological polar surface area (TPSA) is 67.6 Å². The number of nitrogens with zero attached hydrogens (tertiary/aromatic N) is 2. The van der Waals surface area contributed by atoms with Crippen LogP contribution in [0.2, 0.25) is 0 Å². The van der Waals surface area contributed by atoms with E-state index < -0.39 is 0 Å². The summed E-state index contributed by atoms with van der Waals surface area (Å²) in [6.07, 6.45) is 1.79. The first kappa shape index (κ1) is 12.8. The number of hydrogen-bond donors (Lipinski definition) is 2. The Bertz CT molecular complexity index is 1010. The lowest BCUT2D eigenvalue weighted by atomic mass is 10.1. The molecule has 108 valence electrons. The molecule has 0 spiro atoms. The molecule has 4 rings (SSSR count). The summed E-state index contributed by atoms with van der Waals surface area (Å²) in [5.41, 5.74) is 13.2. The van der Waals surface area contributed by atoms with Crippen LogP contribution < -0.4 is 5.73 Å². The van der Waals surface area contributed by atoms with E-state index in [9.17, 15) is 0 Å². The van der Waals surface area contributed by atoms with Gasteiger partial charge in [-0.1, -0.05) is 24.3 Å². The Morgan fingerprint density at radius 2 is 1.86 bits per heavy atom. The van der Waals surface area contributed by atoms with Crippen LogP contribution in [0.1, 0.15) is 11.1 Å². The summed E-state index contributed by atoms with van der Waals surface area (Å²) >= 11 is 0. The van der Waals surface area contributed by atoms with Gasteiger partial charge in [0.1, 0.15) is 5.82 Å². The van der Waals surface area contributed by atoms with E-state index in [2.05, 4.69) is 35.9 Å². The highest BCUT2D eigenvalue weighted by Crippen LogP contribution is 2.31. The van der Waals surface area contributed by atoms with Crippen molar-refractivity contribution in [3.8, 4) is 11.4 Å². The minimum atomic E-state index is 0.707. The number of aryl methyl sites for hydroxylation is 2. The number of para-hydroxylation sites is 1. The molecule has 0 atom stereocenters. The van der Waals surface area contributed by atoms with Crippen LogP contribution in [-0.4, -0.2) is 15.0 Å². The van der Waals surface area contributed by atoms with Crippen molar-refractivity contribution in [3.63, 3.8) is 0 Å². The van der Waals surface area contributed by atoms with Crippen LogP contribution in [0.25, 0.3) is 33.3 Å². The number of aromatic amines is 1. The number of rotatable bonds is 1. The van der Waals surface area contributed by atoms with Gasteiger partial charge in [0.2, 0.25) is 0 Å². The van der Waals surface area contributed by atoms with Crippen molar-refractivity contribution in [2.75, 3.05) is 5.73 Å². The maximum absolute atomic E-state index is 6.34. The highest BCUT2D eigenvalue weighted by atomic mass is 14.9. The summed E-state index contributed by atoms with van der Waals surface area (Å²) in [6.45, 7) is 4.18. The van der Waals surface area contributed by atoms with Gasteiger partial charge in [-0.3, -0.25) is 4.98 Å². The van der Waals surface area contributed by atoms with Gasteiger partial charge in [-0.25, -0.2) is 4.98 Å². The summed E-state index contributed by atoms with van der Waals surface area (Å²) in [5, 5.41) is 0.952. The summed E-state index contributed by atoms with van der Waals surface area (Å²) in [4.78, 5) is 12.6. The zero-order valence-electron chi connectivity index (χ0n) is 12.5. The molecule has 0 bridgehead atoms. The van der Waals surface area contributed by atoms with Gasteiger partial charge in [0.25, 0.3) is 0 Å². The molecular formula is C18H16N4. The van der Waals surface area contributed by atoms with Crippen LogP contribution in [0.5, 0.6) is 0 Å². The maximum Gasteiger partial charge on any atom is 0.142 e. The summed E-state index contributed by atoms with van der Waals surface area (Å²) in [7, 11) is 0. The first-order valence-corrected chi connectivity index (χ1v) is 7.24. The van der Waals surface area contributed by atoms with Crippen LogP contribution in [0.15, 0.2) is 42.6 Å². The molecule has 0 fully saturated rings. The molecule has 0 saturated carbocycles. The molecular weight excluding hydrogens is 272 g/mol. The highest BCUT2D eigenvalue weighted by Gasteiger charge is 2.13. The van der Waals surface area contributed by atoms with E-state index in [-0.39, 0.29) is 0 Å². The van der Waals surface area contributed by atoms with E-state index in [1.165, 1.54) is 11.1 Å². The Labute approximate surface area is 128 Å². The average molecular weight is 288 g/mol.